The van der Waals surface area contributed by atoms with E-state index in [1.807, 2.05) is 6.07 Å². The first-order valence-corrected chi connectivity index (χ1v) is 8.14. The molecule has 0 saturated carbocycles. The number of aromatic nitrogens is 4. The summed E-state index contributed by atoms with van der Waals surface area (Å²) in [5.41, 5.74) is 1.82. The number of benzene rings is 2. The zero-order chi connectivity index (χ0) is 19.7. The lowest BCUT2D eigenvalue weighted by Crippen LogP contribution is -2.13. The van der Waals surface area contributed by atoms with Crippen LogP contribution in [0.1, 0.15) is 16.1 Å². The number of fused-ring (bicyclic) bond motifs is 1. The molecule has 2 aromatic heterocycles. The average Bonchev–Trinajstić information content (AvgIpc) is 3.12. The maximum Gasteiger partial charge on any atom is 0.416 e. The Balaban J connectivity index is 1.62. The molecule has 0 bridgehead atoms. The number of anilines is 1. The van der Waals surface area contributed by atoms with Crippen molar-refractivity contribution in [3.8, 4) is 11.1 Å². The van der Waals surface area contributed by atoms with Crippen molar-refractivity contribution in [1.82, 2.24) is 20.2 Å². The first-order chi connectivity index (χ1) is 13.4. The molecule has 2 N–H and O–H groups in total. The quantitative estimate of drug-likeness (QED) is 0.553. The van der Waals surface area contributed by atoms with Gasteiger partial charge in [-0.05, 0) is 42.0 Å². The van der Waals surface area contributed by atoms with E-state index >= 15 is 0 Å². The van der Waals surface area contributed by atoms with Gasteiger partial charge in [0.05, 0.1) is 11.1 Å². The Kier molecular flexibility index (Phi) is 4.26. The minimum atomic E-state index is -4.43. The Labute approximate surface area is 156 Å². The lowest BCUT2D eigenvalue weighted by atomic mass is 10.1. The average molecular weight is 383 g/mol. The van der Waals surface area contributed by atoms with Crippen LogP contribution < -0.4 is 5.32 Å². The second-order valence-corrected chi connectivity index (χ2v) is 5.99. The number of H-pyrrole nitrogens is 1. The molecule has 2 aromatic carbocycles. The van der Waals surface area contributed by atoms with E-state index in [2.05, 4.69) is 25.5 Å². The van der Waals surface area contributed by atoms with Gasteiger partial charge in [-0.1, -0.05) is 6.07 Å². The summed E-state index contributed by atoms with van der Waals surface area (Å²) in [6.45, 7) is 0. The number of aromatic amines is 1. The van der Waals surface area contributed by atoms with Gasteiger partial charge in [0.2, 0.25) is 0 Å². The van der Waals surface area contributed by atoms with E-state index in [0.29, 0.717) is 10.9 Å². The number of hydrogen-bond acceptors (Lipinski definition) is 4. The van der Waals surface area contributed by atoms with Crippen LogP contribution in [0.25, 0.3) is 22.0 Å². The SMILES string of the molecule is O=C(Nc1ccc(C(F)(F)F)cc1)c1n[nH]c2ccc(-c3cncnc3)cc12. The number of nitrogens with one attached hydrogen (secondary N) is 2. The monoisotopic (exact) mass is 383 g/mol. The largest absolute Gasteiger partial charge is 0.416 e. The zero-order valence-electron chi connectivity index (χ0n) is 14.2. The van der Waals surface area contributed by atoms with Gasteiger partial charge in [0.15, 0.2) is 5.69 Å². The van der Waals surface area contributed by atoms with Gasteiger partial charge in [0.25, 0.3) is 5.91 Å². The molecule has 0 radical (unpaired) electrons. The van der Waals surface area contributed by atoms with Crippen molar-refractivity contribution in [3.05, 3.63) is 72.4 Å². The molecule has 0 spiro atoms. The zero-order valence-corrected chi connectivity index (χ0v) is 14.2. The van der Waals surface area contributed by atoms with Crippen LogP contribution in [-0.2, 0) is 6.18 Å². The molecular weight excluding hydrogens is 371 g/mol. The standard InChI is InChI=1S/C19H12F3N5O/c20-19(21,22)13-2-4-14(5-3-13)25-18(28)17-15-7-11(1-6-16(15)26-27-17)12-8-23-10-24-9-12/h1-10H,(H,25,28)(H,26,27). The fourth-order valence-electron chi connectivity index (χ4n) is 2.75. The molecule has 0 fully saturated rings. The maximum absolute atomic E-state index is 12.6. The Bertz CT molecular complexity index is 1140. The van der Waals surface area contributed by atoms with Gasteiger partial charge in [-0.15, -0.1) is 0 Å². The van der Waals surface area contributed by atoms with Crippen LogP contribution in [0.15, 0.2) is 61.2 Å². The van der Waals surface area contributed by atoms with Gasteiger partial charge in [0, 0.05) is 29.0 Å². The van der Waals surface area contributed by atoms with Crippen molar-refractivity contribution < 1.29 is 18.0 Å². The highest BCUT2D eigenvalue weighted by molar-refractivity contribution is 6.11. The smallest absolute Gasteiger partial charge is 0.321 e. The summed E-state index contributed by atoms with van der Waals surface area (Å²) in [4.78, 5) is 20.5. The fourth-order valence-corrected chi connectivity index (χ4v) is 2.75. The highest BCUT2D eigenvalue weighted by atomic mass is 19.4. The van der Waals surface area contributed by atoms with Crippen LogP contribution in [-0.4, -0.2) is 26.1 Å². The predicted molar refractivity (Wildman–Crippen MR) is 96.5 cm³/mol. The molecule has 1 amide bonds. The summed E-state index contributed by atoms with van der Waals surface area (Å²) < 4.78 is 37.9. The second kappa shape index (κ2) is 6.76. The van der Waals surface area contributed by atoms with E-state index in [1.54, 1.807) is 24.5 Å². The predicted octanol–water partition coefficient (Wildman–Crippen LogP) is 4.29. The summed E-state index contributed by atoms with van der Waals surface area (Å²) in [6.07, 6.45) is 0.285. The molecule has 0 aliphatic rings. The molecule has 2 heterocycles. The molecule has 0 saturated heterocycles. The van der Waals surface area contributed by atoms with Crippen molar-refractivity contribution in [2.24, 2.45) is 0 Å². The Morgan fingerprint density at radius 1 is 0.964 bits per heavy atom. The topological polar surface area (TPSA) is 83.6 Å². The number of amides is 1. The van der Waals surface area contributed by atoms with Crippen LogP contribution >= 0.6 is 0 Å². The van der Waals surface area contributed by atoms with Crippen molar-refractivity contribution in [3.63, 3.8) is 0 Å². The number of alkyl halides is 3. The fraction of sp³-hybridized carbons (Fsp3) is 0.0526. The third-order valence-corrected chi connectivity index (χ3v) is 4.14. The third-order valence-electron chi connectivity index (χ3n) is 4.14. The summed E-state index contributed by atoms with van der Waals surface area (Å²) in [5.74, 6) is -0.535. The maximum atomic E-state index is 12.6. The molecule has 6 nitrogen and oxygen atoms in total. The Hall–Kier alpha value is -3.75. The third kappa shape index (κ3) is 3.41. The molecule has 4 rings (SSSR count). The first kappa shape index (κ1) is 17.7. The van der Waals surface area contributed by atoms with Gasteiger partial charge >= 0.3 is 6.18 Å². The minimum absolute atomic E-state index is 0.133. The lowest BCUT2D eigenvalue weighted by molar-refractivity contribution is -0.137. The number of halogens is 3. The number of nitrogens with zero attached hydrogens (tertiary/aromatic N) is 3. The normalized spacial score (nSPS) is 11.5. The molecule has 9 heteroatoms. The number of carbonyl (C=O) groups excluding carboxylic acids is 1. The van der Waals surface area contributed by atoms with Crippen LogP contribution in [0, 0.1) is 0 Å². The van der Waals surface area contributed by atoms with E-state index < -0.39 is 17.6 Å². The molecule has 28 heavy (non-hydrogen) atoms. The van der Waals surface area contributed by atoms with Gasteiger partial charge < -0.3 is 5.32 Å². The van der Waals surface area contributed by atoms with E-state index in [4.69, 9.17) is 0 Å². The summed E-state index contributed by atoms with van der Waals surface area (Å²) in [7, 11) is 0. The van der Waals surface area contributed by atoms with Crippen LogP contribution in [0.3, 0.4) is 0 Å². The molecule has 0 atom stereocenters. The Morgan fingerprint density at radius 3 is 2.36 bits per heavy atom. The van der Waals surface area contributed by atoms with Gasteiger partial charge in [-0.25, -0.2) is 9.97 Å². The number of rotatable bonds is 3. The highest BCUT2D eigenvalue weighted by Gasteiger charge is 2.30. The summed E-state index contributed by atoms with van der Waals surface area (Å²) >= 11 is 0. The van der Waals surface area contributed by atoms with Crippen LogP contribution in [0.4, 0.5) is 18.9 Å². The van der Waals surface area contributed by atoms with Crippen molar-refractivity contribution in [1.29, 1.82) is 0 Å². The van der Waals surface area contributed by atoms with Crippen LogP contribution in [0.2, 0.25) is 0 Å². The van der Waals surface area contributed by atoms with Gasteiger partial charge in [-0.3, -0.25) is 9.89 Å². The second-order valence-electron chi connectivity index (χ2n) is 5.99. The number of hydrogen-bond donors (Lipinski definition) is 2. The minimum Gasteiger partial charge on any atom is -0.321 e. The Morgan fingerprint density at radius 2 is 1.68 bits per heavy atom. The van der Waals surface area contributed by atoms with Crippen LogP contribution in [0.5, 0.6) is 0 Å². The number of carbonyl (C=O) groups is 1. The van der Waals surface area contributed by atoms with E-state index in [-0.39, 0.29) is 11.4 Å². The molecule has 4 aromatic rings. The highest BCUT2D eigenvalue weighted by Crippen LogP contribution is 2.30. The summed E-state index contributed by atoms with van der Waals surface area (Å²) in [6, 6.07) is 9.61. The van der Waals surface area contributed by atoms with Crippen molar-refractivity contribution in [2.45, 2.75) is 6.18 Å². The molecule has 0 aliphatic carbocycles. The van der Waals surface area contributed by atoms with E-state index in [0.717, 1.165) is 23.3 Å². The lowest BCUT2D eigenvalue weighted by Gasteiger charge is -2.08. The molecule has 0 unspecified atom stereocenters. The van der Waals surface area contributed by atoms with E-state index in [9.17, 15) is 18.0 Å². The summed E-state index contributed by atoms with van der Waals surface area (Å²) in [5, 5.41) is 9.94. The van der Waals surface area contributed by atoms with Crippen molar-refractivity contribution >= 4 is 22.5 Å². The van der Waals surface area contributed by atoms with Crippen molar-refractivity contribution in [2.75, 3.05) is 5.32 Å². The molecular formula is C19H12F3N5O. The van der Waals surface area contributed by atoms with Gasteiger partial charge in [-0.2, -0.15) is 18.3 Å². The first-order valence-electron chi connectivity index (χ1n) is 8.14. The molecule has 140 valence electrons. The van der Waals surface area contributed by atoms with Gasteiger partial charge in [0.1, 0.15) is 6.33 Å². The molecule has 0 aliphatic heterocycles. The van der Waals surface area contributed by atoms with E-state index in [1.165, 1.54) is 18.5 Å².